The van der Waals surface area contributed by atoms with Crippen LogP contribution in [0.5, 0.6) is 0 Å². The maximum absolute atomic E-state index is 10.8. The lowest BCUT2D eigenvalue weighted by molar-refractivity contribution is -0.380. The third-order valence-corrected chi connectivity index (χ3v) is 4.38. The standard InChI is InChI=1S/C11H16N4O2S2/c12-11(18)10(14-6-1-4-13-5-7-14)8-2-3-9(19-8)15(16)17/h2-3,10,13H,1,4-7H2,(H2,12,18). The number of hydrogen-bond donors (Lipinski definition) is 2. The zero-order chi connectivity index (χ0) is 13.8. The number of nitro groups is 1. The van der Waals surface area contributed by atoms with Gasteiger partial charge in [-0.25, -0.2) is 0 Å². The van der Waals surface area contributed by atoms with E-state index < -0.39 is 0 Å². The van der Waals surface area contributed by atoms with Gasteiger partial charge in [0.05, 0.1) is 16.0 Å². The Hall–Kier alpha value is -1.09. The summed E-state index contributed by atoms with van der Waals surface area (Å²) in [6.45, 7) is 3.59. The number of rotatable bonds is 4. The van der Waals surface area contributed by atoms with E-state index in [1.54, 1.807) is 6.07 Å². The average Bonchev–Trinajstić information content (AvgIpc) is 2.67. The quantitative estimate of drug-likeness (QED) is 0.495. The number of nitrogens with zero attached hydrogens (tertiary/aromatic N) is 2. The first-order valence-corrected chi connectivity index (χ1v) is 7.30. The molecule has 2 rings (SSSR count). The van der Waals surface area contributed by atoms with Gasteiger partial charge in [-0.1, -0.05) is 23.6 Å². The molecule has 1 atom stereocenters. The Morgan fingerprint density at radius 1 is 1.53 bits per heavy atom. The van der Waals surface area contributed by atoms with Crippen LogP contribution in [0.3, 0.4) is 0 Å². The first kappa shape index (κ1) is 14.3. The number of hydrogen-bond acceptors (Lipinski definition) is 6. The van der Waals surface area contributed by atoms with Crippen molar-refractivity contribution < 1.29 is 4.92 Å². The van der Waals surface area contributed by atoms with E-state index >= 15 is 0 Å². The van der Waals surface area contributed by atoms with Crippen molar-refractivity contribution in [2.75, 3.05) is 26.2 Å². The second kappa shape index (κ2) is 6.38. The van der Waals surface area contributed by atoms with Crippen LogP contribution >= 0.6 is 23.6 Å². The summed E-state index contributed by atoms with van der Waals surface area (Å²) < 4.78 is 0. The third-order valence-electron chi connectivity index (χ3n) is 3.07. The van der Waals surface area contributed by atoms with Gasteiger partial charge in [-0.05, 0) is 19.0 Å². The van der Waals surface area contributed by atoms with Crippen molar-refractivity contribution in [1.29, 1.82) is 0 Å². The zero-order valence-electron chi connectivity index (χ0n) is 10.4. The minimum atomic E-state index is -0.380. The molecule has 1 aliphatic heterocycles. The van der Waals surface area contributed by atoms with Crippen LogP contribution in [0.4, 0.5) is 5.00 Å². The van der Waals surface area contributed by atoms with Crippen molar-refractivity contribution >= 4 is 33.5 Å². The molecular weight excluding hydrogens is 284 g/mol. The van der Waals surface area contributed by atoms with E-state index in [-0.39, 0.29) is 16.0 Å². The van der Waals surface area contributed by atoms with Gasteiger partial charge >= 0.3 is 5.00 Å². The molecule has 0 aliphatic carbocycles. The van der Waals surface area contributed by atoms with E-state index in [2.05, 4.69) is 10.2 Å². The van der Waals surface area contributed by atoms with E-state index in [1.165, 1.54) is 6.07 Å². The van der Waals surface area contributed by atoms with E-state index in [1.807, 2.05) is 0 Å². The minimum Gasteiger partial charge on any atom is -0.392 e. The van der Waals surface area contributed by atoms with Crippen LogP contribution < -0.4 is 11.1 Å². The van der Waals surface area contributed by atoms with Crippen molar-refractivity contribution in [3.8, 4) is 0 Å². The SMILES string of the molecule is NC(=S)C(c1ccc([N+](=O)[O-])s1)N1CCCNCC1. The molecule has 2 heterocycles. The van der Waals surface area contributed by atoms with E-state index in [0.29, 0.717) is 4.99 Å². The Morgan fingerprint density at radius 3 is 2.95 bits per heavy atom. The molecule has 8 heteroatoms. The largest absolute Gasteiger partial charge is 0.392 e. The Kier molecular flexibility index (Phi) is 4.81. The number of thiocarbonyl (C=S) groups is 1. The summed E-state index contributed by atoms with van der Waals surface area (Å²) in [6, 6.07) is 3.07. The Balaban J connectivity index is 2.22. The molecule has 3 N–H and O–H groups in total. The first-order chi connectivity index (χ1) is 9.09. The molecule has 0 saturated carbocycles. The van der Waals surface area contributed by atoms with Gasteiger partial charge in [0.15, 0.2) is 0 Å². The molecular formula is C11H16N4O2S2. The molecule has 1 fully saturated rings. The van der Waals surface area contributed by atoms with E-state index in [9.17, 15) is 10.1 Å². The molecule has 6 nitrogen and oxygen atoms in total. The minimum absolute atomic E-state index is 0.129. The molecule has 0 radical (unpaired) electrons. The van der Waals surface area contributed by atoms with Crippen molar-refractivity contribution in [3.63, 3.8) is 0 Å². The highest BCUT2D eigenvalue weighted by Crippen LogP contribution is 2.32. The summed E-state index contributed by atoms with van der Waals surface area (Å²) in [7, 11) is 0. The summed E-state index contributed by atoms with van der Waals surface area (Å²) >= 11 is 6.30. The predicted molar refractivity (Wildman–Crippen MR) is 79.6 cm³/mol. The zero-order valence-corrected chi connectivity index (χ0v) is 12.0. The van der Waals surface area contributed by atoms with Crippen molar-refractivity contribution in [2.24, 2.45) is 5.73 Å². The lowest BCUT2D eigenvalue weighted by atomic mass is 10.2. The molecule has 104 valence electrons. The van der Waals surface area contributed by atoms with Crippen molar-refractivity contribution in [3.05, 3.63) is 27.1 Å². The molecule has 0 bridgehead atoms. The lowest BCUT2D eigenvalue weighted by Gasteiger charge is -2.28. The van der Waals surface area contributed by atoms with E-state index in [0.717, 1.165) is 48.8 Å². The molecule has 0 spiro atoms. The summed E-state index contributed by atoms with van der Waals surface area (Å²) in [4.78, 5) is 13.8. The summed E-state index contributed by atoms with van der Waals surface area (Å²) in [5.41, 5.74) is 5.84. The van der Waals surface area contributed by atoms with Crippen LogP contribution in [0.15, 0.2) is 12.1 Å². The fraction of sp³-hybridized carbons (Fsp3) is 0.545. The lowest BCUT2D eigenvalue weighted by Crippen LogP contribution is -2.38. The smallest absolute Gasteiger partial charge is 0.324 e. The van der Waals surface area contributed by atoms with Crippen molar-refractivity contribution in [2.45, 2.75) is 12.5 Å². The van der Waals surface area contributed by atoms with E-state index in [4.69, 9.17) is 18.0 Å². The number of thiophene rings is 1. The number of nitrogens with two attached hydrogens (primary N) is 1. The molecule has 19 heavy (non-hydrogen) atoms. The normalized spacial score (nSPS) is 18.7. The number of nitrogens with one attached hydrogen (secondary N) is 1. The fourth-order valence-corrected chi connectivity index (χ4v) is 3.54. The third kappa shape index (κ3) is 3.47. The molecule has 1 aromatic rings. The molecule has 1 saturated heterocycles. The van der Waals surface area contributed by atoms with Crippen LogP contribution in [-0.2, 0) is 0 Å². The Morgan fingerprint density at radius 2 is 2.32 bits per heavy atom. The van der Waals surface area contributed by atoms with Crippen LogP contribution in [0.25, 0.3) is 0 Å². The summed E-state index contributed by atoms with van der Waals surface area (Å²) in [5, 5.41) is 14.2. The van der Waals surface area contributed by atoms with Gasteiger partial charge in [0.2, 0.25) is 0 Å². The van der Waals surface area contributed by atoms with Gasteiger partial charge in [-0.3, -0.25) is 15.0 Å². The van der Waals surface area contributed by atoms with Gasteiger partial charge in [0.1, 0.15) is 0 Å². The van der Waals surface area contributed by atoms with Crippen LogP contribution in [0.2, 0.25) is 0 Å². The topological polar surface area (TPSA) is 84.4 Å². The first-order valence-electron chi connectivity index (χ1n) is 6.08. The predicted octanol–water partition coefficient (Wildman–Crippen LogP) is 1.28. The highest BCUT2D eigenvalue weighted by Gasteiger charge is 2.26. The molecule has 1 unspecified atom stereocenters. The second-order valence-electron chi connectivity index (χ2n) is 4.38. The molecule has 1 aromatic heterocycles. The van der Waals surface area contributed by atoms with Gasteiger partial charge in [-0.15, -0.1) is 0 Å². The van der Waals surface area contributed by atoms with Crippen LogP contribution in [0, 0.1) is 10.1 Å². The Labute approximate surface area is 120 Å². The van der Waals surface area contributed by atoms with Gasteiger partial charge in [0.25, 0.3) is 0 Å². The maximum Gasteiger partial charge on any atom is 0.324 e. The van der Waals surface area contributed by atoms with Gasteiger partial charge < -0.3 is 11.1 Å². The fourth-order valence-electron chi connectivity index (χ4n) is 2.21. The van der Waals surface area contributed by atoms with Gasteiger partial charge in [0, 0.05) is 30.6 Å². The summed E-state index contributed by atoms with van der Waals surface area (Å²) in [6.07, 6.45) is 1.02. The molecule has 0 amide bonds. The monoisotopic (exact) mass is 300 g/mol. The summed E-state index contributed by atoms with van der Waals surface area (Å²) in [5.74, 6) is 0. The highest BCUT2D eigenvalue weighted by atomic mass is 32.1. The van der Waals surface area contributed by atoms with Gasteiger partial charge in [-0.2, -0.15) is 0 Å². The maximum atomic E-state index is 10.8. The van der Waals surface area contributed by atoms with Crippen LogP contribution in [-0.4, -0.2) is 41.0 Å². The molecule has 1 aliphatic rings. The van der Waals surface area contributed by atoms with Crippen LogP contribution in [0.1, 0.15) is 17.3 Å². The molecule has 0 aromatic carbocycles. The van der Waals surface area contributed by atoms with Crippen molar-refractivity contribution in [1.82, 2.24) is 10.2 Å². The highest BCUT2D eigenvalue weighted by molar-refractivity contribution is 7.80. The Bertz CT molecular complexity index is 469. The second-order valence-corrected chi connectivity index (χ2v) is 5.94. The average molecular weight is 300 g/mol.